The van der Waals surface area contributed by atoms with Crippen LogP contribution >= 0.6 is 0 Å². The molecule has 104 valence electrons. The molecule has 1 aromatic carbocycles. The third-order valence-corrected chi connectivity index (χ3v) is 2.89. The van der Waals surface area contributed by atoms with Gasteiger partial charge in [0.05, 0.1) is 0 Å². The Hall–Kier alpha value is -1.98. The molecule has 0 saturated heterocycles. The van der Waals surface area contributed by atoms with Crippen molar-refractivity contribution in [3.8, 4) is 0 Å². The summed E-state index contributed by atoms with van der Waals surface area (Å²) in [5, 5.41) is 11.3. The summed E-state index contributed by atoms with van der Waals surface area (Å²) in [5.74, 6) is -4.06. The van der Waals surface area contributed by atoms with Crippen LogP contribution in [0.5, 0.6) is 0 Å². The Balaban J connectivity index is 2.90. The van der Waals surface area contributed by atoms with Crippen molar-refractivity contribution < 1.29 is 23.5 Å². The van der Waals surface area contributed by atoms with Crippen molar-refractivity contribution in [2.45, 2.75) is 26.3 Å². The number of carboxylic acids is 1. The van der Waals surface area contributed by atoms with Gasteiger partial charge in [-0.2, -0.15) is 0 Å². The van der Waals surface area contributed by atoms with Crippen molar-refractivity contribution >= 4 is 11.9 Å². The zero-order valence-corrected chi connectivity index (χ0v) is 10.6. The fraction of sp³-hybridized carbons (Fsp3) is 0.385. The molecule has 1 aromatic rings. The molecule has 0 aromatic heterocycles. The topological polar surface area (TPSA) is 66.4 Å². The van der Waals surface area contributed by atoms with E-state index in [2.05, 4.69) is 5.32 Å². The summed E-state index contributed by atoms with van der Waals surface area (Å²) < 4.78 is 25.9. The van der Waals surface area contributed by atoms with Crippen molar-refractivity contribution in [3.05, 3.63) is 35.4 Å². The smallest absolute Gasteiger partial charge is 0.326 e. The number of carbonyl (C=O) groups excluding carboxylic acids is 1. The van der Waals surface area contributed by atoms with E-state index >= 15 is 0 Å². The quantitative estimate of drug-likeness (QED) is 0.862. The van der Waals surface area contributed by atoms with Gasteiger partial charge in [0.2, 0.25) is 0 Å². The van der Waals surface area contributed by atoms with Crippen LogP contribution in [-0.4, -0.2) is 23.0 Å². The van der Waals surface area contributed by atoms with Crippen molar-refractivity contribution in [2.75, 3.05) is 0 Å². The second kappa shape index (κ2) is 6.26. The van der Waals surface area contributed by atoms with Crippen LogP contribution in [0.25, 0.3) is 0 Å². The maximum Gasteiger partial charge on any atom is 0.326 e. The van der Waals surface area contributed by atoms with Gasteiger partial charge in [-0.15, -0.1) is 0 Å². The molecule has 0 unspecified atom stereocenters. The molecule has 0 aliphatic carbocycles. The normalized spacial score (nSPS) is 13.7. The van der Waals surface area contributed by atoms with Gasteiger partial charge >= 0.3 is 5.97 Å². The third-order valence-electron chi connectivity index (χ3n) is 2.89. The van der Waals surface area contributed by atoms with Crippen molar-refractivity contribution in [1.82, 2.24) is 5.32 Å². The maximum absolute atomic E-state index is 13.0. The first-order valence-corrected chi connectivity index (χ1v) is 5.85. The fourth-order valence-corrected chi connectivity index (χ4v) is 1.59. The summed E-state index contributed by atoms with van der Waals surface area (Å²) in [7, 11) is 0. The highest BCUT2D eigenvalue weighted by Gasteiger charge is 2.26. The maximum atomic E-state index is 13.0. The van der Waals surface area contributed by atoms with Gasteiger partial charge in [-0.3, -0.25) is 4.79 Å². The molecule has 2 N–H and O–H groups in total. The number of nitrogens with one attached hydrogen (secondary N) is 1. The second-order valence-corrected chi connectivity index (χ2v) is 4.33. The van der Waals surface area contributed by atoms with Gasteiger partial charge in [-0.05, 0) is 18.1 Å². The van der Waals surface area contributed by atoms with Crippen LogP contribution in [0.4, 0.5) is 8.78 Å². The Morgan fingerprint density at radius 1 is 1.26 bits per heavy atom. The summed E-state index contributed by atoms with van der Waals surface area (Å²) in [6, 6.07) is 1.26. The van der Waals surface area contributed by atoms with E-state index in [1.54, 1.807) is 13.8 Å². The highest BCUT2D eigenvalue weighted by Crippen LogP contribution is 2.11. The molecule has 1 amide bonds. The Labute approximate surface area is 109 Å². The number of carboxylic acid groups (broad SMARTS) is 1. The molecule has 0 spiro atoms. The zero-order chi connectivity index (χ0) is 14.6. The van der Waals surface area contributed by atoms with E-state index in [0.29, 0.717) is 12.5 Å². The fourth-order valence-electron chi connectivity index (χ4n) is 1.59. The summed E-state index contributed by atoms with van der Waals surface area (Å²) in [4.78, 5) is 22.8. The van der Waals surface area contributed by atoms with Crippen LogP contribution in [0.1, 0.15) is 30.6 Å². The van der Waals surface area contributed by atoms with Crippen molar-refractivity contribution in [2.24, 2.45) is 5.92 Å². The molecule has 2 atom stereocenters. The van der Waals surface area contributed by atoms with Gasteiger partial charge in [-0.1, -0.05) is 20.3 Å². The van der Waals surface area contributed by atoms with Crippen LogP contribution in [0.3, 0.4) is 0 Å². The van der Waals surface area contributed by atoms with E-state index in [0.717, 1.165) is 12.1 Å². The lowest BCUT2D eigenvalue weighted by Crippen LogP contribution is -2.45. The van der Waals surface area contributed by atoms with Crippen LogP contribution in [0.2, 0.25) is 0 Å². The van der Waals surface area contributed by atoms with E-state index in [-0.39, 0.29) is 11.5 Å². The van der Waals surface area contributed by atoms with Gasteiger partial charge in [0.25, 0.3) is 5.91 Å². The molecule has 0 aliphatic rings. The van der Waals surface area contributed by atoms with E-state index in [4.69, 9.17) is 5.11 Å². The predicted molar refractivity (Wildman–Crippen MR) is 64.7 cm³/mol. The highest BCUT2D eigenvalue weighted by atomic mass is 19.1. The molecule has 0 aliphatic heterocycles. The Bertz CT molecular complexity index is 471. The first-order chi connectivity index (χ1) is 8.85. The molecule has 0 fully saturated rings. The minimum atomic E-state index is -1.18. The molecular weight excluding hydrogens is 256 g/mol. The SMILES string of the molecule is CC[C@H](C)[C@H](NC(=O)c1cc(F)cc(F)c1)C(=O)O. The third kappa shape index (κ3) is 4.01. The first-order valence-electron chi connectivity index (χ1n) is 5.85. The molecule has 0 bridgehead atoms. The standard InChI is InChI=1S/C13H15F2NO3/c1-3-7(2)11(13(18)19)16-12(17)8-4-9(14)6-10(15)5-8/h4-7,11H,3H2,1-2H3,(H,16,17)(H,18,19)/t7-,11-/m0/s1. The number of halogens is 2. The highest BCUT2D eigenvalue weighted by molar-refractivity contribution is 5.96. The largest absolute Gasteiger partial charge is 0.480 e. The monoisotopic (exact) mass is 271 g/mol. The van der Waals surface area contributed by atoms with Gasteiger partial charge in [0.1, 0.15) is 17.7 Å². The molecule has 0 radical (unpaired) electrons. The van der Waals surface area contributed by atoms with E-state index in [9.17, 15) is 18.4 Å². The number of aliphatic carboxylic acids is 1. The molecule has 0 heterocycles. The van der Waals surface area contributed by atoms with Crippen LogP contribution in [-0.2, 0) is 4.79 Å². The van der Waals surface area contributed by atoms with Crippen molar-refractivity contribution in [1.29, 1.82) is 0 Å². The van der Waals surface area contributed by atoms with E-state index in [1.165, 1.54) is 0 Å². The van der Waals surface area contributed by atoms with E-state index in [1.807, 2.05) is 0 Å². The van der Waals surface area contributed by atoms with Crippen LogP contribution < -0.4 is 5.32 Å². The van der Waals surface area contributed by atoms with E-state index < -0.39 is 29.6 Å². The zero-order valence-electron chi connectivity index (χ0n) is 10.6. The van der Waals surface area contributed by atoms with Crippen LogP contribution in [0, 0.1) is 17.6 Å². The molecule has 19 heavy (non-hydrogen) atoms. The Morgan fingerprint density at radius 2 is 1.79 bits per heavy atom. The van der Waals surface area contributed by atoms with Gasteiger partial charge < -0.3 is 10.4 Å². The average molecular weight is 271 g/mol. The summed E-state index contributed by atoms with van der Waals surface area (Å²) in [5.41, 5.74) is -0.243. The summed E-state index contributed by atoms with van der Waals surface area (Å²) in [6.45, 7) is 3.46. The van der Waals surface area contributed by atoms with Crippen LogP contribution in [0.15, 0.2) is 18.2 Å². The number of amides is 1. The number of hydrogen-bond donors (Lipinski definition) is 2. The lowest BCUT2D eigenvalue weighted by Gasteiger charge is -2.20. The number of carbonyl (C=O) groups is 2. The first kappa shape index (κ1) is 15.1. The summed E-state index contributed by atoms with van der Waals surface area (Å²) >= 11 is 0. The second-order valence-electron chi connectivity index (χ2n) is 4.33. The lowest BCUT2D eigenvalue weighted by molar-refractivity contribution is -0.140. The van der Waals surface area contributed by atoms with Gasteiger partial charge in [-0.25, -0.2) is 13.6 Å². The Kier molecular flexibility index (Phi) is 4.97. The number of benzene rings is 1. The number of rotatable bonds is 5. The van der Waals surface area contributed by atoms with Crippen molar-refractivity contribution in [3.63, 3.8) is 0 Å². The molecule has 6 heteroatoms. The Morgan fingerprint density at radius 3 is 2.21 bits per heavy atom. The molecular formula is C13H15F2NO3. The van der Waals surface area contributed by atoms with Gasteiger partial charge in [0, 0.05) is 11.6 Å². The number of hydrogen-bond acceptors (Lipinski definition) is 2. The lowest BCUT2D eigenvalue weighted by atomic mass is 9.99. The summed E-state index contributed by atoms with van der Waals surface area (Å²) in [6.07, 6.45) is 0.550. The minimum Gasteiger partial charge on any atom is -0.480 e. The minimum absolute atomic E-state index is 0.243. The molecule has 0 saturated carbocycles. The predicted octanol–water partition coefficient (Wildman–Crippen LogP) is 2.19. The average Bonchev–Trinajstić information content (AvgIpc) is 2.33. The molecule has 4 nitrogen and oxygen atoms in total. The van der Waals surface area contributed by atoms with Gasteiger partial charge in [0.15, 0.2) is 0 Å². The molecule has 1 rings (SSSR count).